The monoisotopic (exact) mass is 282 g/mol. The predicted octanol–water partition coefficient (Wildman–Crippen LogP) is 2.37. The predicted molar refractivity (Wildman–Crippen MR) is 85.2 cm³/mol. The maximum absolute atomic E-state index is 12.3. The summed E-state index contributed by atoms with van der Waals surface area (Å²) in [7, 11) is 3.86. The molecule has 0 atom stereocenters. The minimum absolute atomic E-state index is 0.120. The molecule has 5 nitrogen and oxygen atoms in total. The molecule has 0 radical (unpaired) electrons. The molecule has 1 aliphatic heterocycles. The van der Waals surface area contributed by atoms with E-state index in [0.717, 1.165) is 24.5 Å². The minimum Gasteiger partial charge on any atom is -0.384 e. The Morgan fingerprint density at radius 2 is 2.14 bits per heavy atom. The van der Waals surface area contributed by atoms with E-state index in [2.05, 4.69) is 15.6 Å². The number of anilines is 3. The molecule has 1 aliphatic rings. The summed E-state index contributed by atoms with van der Waals surface area (Å²) in [5.74, 6) is 0.737. The Balaban J connectivity index is 1.74. The molecule has 3 rings (SSSR count). The molecule has 0 fully saturated rings. The third-order valence-corrected chi connectivity index (χ3v) is 3.55. The van der Waals surface area contributed by atoms with Gasteiger partial charge in [-0.3, -0.25) is 4.79 Å². The Morgan fingerprint density at radius 3 is 2.86 bits per heavy atom. The molecule has 108 valence electrons. The second-order valence-electron chi connectivity index (χ2n) is 5.30. The highest BCUT2D eigenvalue weighted by Gasteiger charge is 2.13. The number of amides is 1. The Morgan fingerprint density at radius 1 is 1.29 bits per heavy atom. The molecule has 1 aromatic heterocycles. The fourth-order valence-electron chi connectivity index (χ4n) is 2.36. The first-order valence-electron chi connectivity index (χ1n) is 6.95. The summed E-state index contributed by atoms with van der Waals surface area (Å²) in [5.41, 5.74) is 3.67. The Hall–Kier alpha value is -2.56. The van der Waals surface area contributed by atoms with Crippen LogP contribution in [0.15, 0.2) is 36.5 Å². The zero-order valence-corrected chi connectivity index (χ0v) is 12.2. The van der Waals surface area contributed by atoms with Crippen molar-refractivity contribution in [3.05, 3.63) is 47.7 Å². The summed E-state index contributed by atoms with van der Waals surface area (Å²) < 4.78 is 0. The lowest BCUT2D eigenvalue weighted by Crippen LogP contribution is -2.14. The van der Waals surface area contributed by atoms with E-state index in [1.807, 2.05) is 49.3 Å². The van der Waals surface area contributed by atoms with Crippen molar-refractivity contribution in [3.8, 4) is 0 Å². The zero-order chi connectivity index (χ0) is 14.8. The molecule has 0 bridgehead atoms. The van der Waals surface area contributed by atoms with Crippen LogP contribution in [0.25, 0.3) is 0 Å². The van der Waals surface area contributed by atoms with Crippen molar-refractivity contribution in [1.29, 1.82) is 0 Å². The highest BCUT2D eigenvalue weighted by molar-refractivity contribution is 6.05. The van der Waals surface area contributed by atoms with Crippen molar-refractivity contribution in [2.24, 2.45) is 0 Å². The van der Waals surface area contributed by atoms with Gasteiger partial charge in [-0.15, -0.1) is 0 Å². The summed E-state index contributed by atoms with van der Waals surface area (Å²) in [6.07, 6.45) is 2.69. The summed E-state index contributed by atoms with van der Waals surface area (Å²) in [6, 6.07) is 9.51. The first-order valence-corrected chi connectivity index (χ1v) is 6.95. The number of nitrogens with one attached hydrogen (secondary N) is 2. The van der Waals surface area contributed by atoms with Crippen LogP contribution >= 0.6 is 0 Å². The summed E-state index contributed by atoms with van der Waals surface area (Å²) >= 11 is 0. The van der Waals surface area contributed by atoms with Crippen LogP contribution in [-0.2, 0) is 6.42 Å². The third-order valence-electron chi connectivity index (χ3n) is 3.55. The number of rotatable bonds is 3. The van der Waals surface area contributed by atoms with E-state index in [1.54, 1.807) is 6.20 Å². The number of fused-ring (bicyclic) bond motifs is 1. The largest absolute Gasteiger partial charge is 0.384 e. The summed E-state index contributed by atoms with van der Waals surface area (Å²) in [5, 5.41) is 6.15. The van der Waals surface area contributed by atoms with Crippen molar-refractivity contribution >= 4 is 23.1 Å². The molecule has 2 heterocycles. The molecule has 5 heteroatoms. The van der Waals surface area contributed by atoms with Crippen LogP contribution in [0.3, 0.4) is 0 Å². The number of pyridine rings is 1. The molecule has 2 N–H and O–H groups in total. The zero-order valence-electron chi connectivity index (χ0n) is 12.2. The van der Waals surface area contributed by atoms with Crippen molar-refractivity contribution in [2.75, 3.05) is 36.2 Å². The van der Waals surface area contributed by atoms with Crippen LogP contribution in [0.2, 0.25) is 0 Å². The number of carbonyl (C=O) groups excluding carboxylic acids is 1. The van der Waals surface area contributed by atoms with Gasteiger partial charge in [-0.2, -0.15) is 0 Å². The van der Waals surface area contributed by atoms with Gasteiger partial charge in [0, 0.05) is 31.9 Å². The van der Waals surface area contributed by atoms with Crippen molar-refractivity contribution in [2.45, 2.75) is 6.42 Å². The fraction of sp³-hybridized carbons (Fsp3) is 0.250. The van der Waals surface area contributed by atoms with Gasteiger partial charge in [0.25, 0.3) is 5.91 Å². The van der Waals surface area contributed by atoms with Gasteiger partial charge in [0.15, 0.2) is 0 Å². The normalized spacial score (nSPS) is 12.5. The number of carbonyl (C=O) groups is 1. The maximum Gasteiger partial charge on any atom is 0.255 e. The highest BCUT2D eigenvalue weighted by atomic mass is 16.1. The molecule has 1 aromatic carbocycles. The van der Waals surface area contributed by atoms with Gasteiger partial charge in [-0.05, 0) is 36.2 Å². The summed E-state index contributed by atoms with van der Waals surface area (Å²) in [4.78, 5) is 18.5. The SMILES string of the molecule is CN(C)c1ccc(NC(=O)c2ccc3c(c2)NCC3)cn1. The number of aromatic nitrogens is 1. The average molecular weight is 282 g/mol. The van der Waals surface area contributed by atoms with Gasteiger partial charge in [0.1, 0.15) is 5.82 Å². The first kappa shape index (κ1) is 13.4. The third kappa shape index (κ3) is 2.81. The lowest BCUT2D eigenvalue weighted by atomic mass is 10.1. The number of hydrogen-bond donors (Lipinski definition) is 2. The standard InChI is InChI=1S/C16H18N4O/c1-20(2)15-6-5-13(10-18-15)19-16(21)12-4-3-11-7-8-17-14(11)9-12/h3-6,9-10,17H,7-8H2,1-2H3,(H,19,21). The van der Waals surface area contributed by atoms with Gasteiger partial charge in [0.2, 0.25) is 0 Å². The number of benzene rings is 1. The van der Waals surface area contributed by atoms with E-state index in [-0.39, 0.29) is 5.91 Å². The molecule has 21 heavy (non-hydrogen) atoms. The van der Waals surface area contributed by atoms with Crippen molar-refractivity contribution < 1.29 is 4.79 Å². The second kappa shape index (κ2) is 5.44. The van der Waals surface area contributed by atoms with E-state index in [0.29, 0.717) is 11.3 Å². The van der Waals surface area contributed by atoms with E-state index in [4.69, 9.17) is 0 Å². The smallest absolute Gasteiger partial charge is 0.255 e. The molecule has 0 spiro atoms. The van der Waals surface area contributed by atoms with Crippen LogP contribution in [0.5, 0.6) is 0 Å². The lowest BCUT2D eigenvalue weighted by molar-refractivity contribution is 0.102. The Kier molecular flexibility index (Phi) is 3.48. The second-order valence-corrected chi connectivity index (χ2v) is 5.30. The van der Waals surface area contributed by atoms with E-state index < -0.39 is 0 Å². The molecule has 0 saturated carbocycles. The topological polar surface area (TPSA) is 57.3 Å². The molecular weight excluding hydrogens is 264 g/mol. The average Bonchev–Trinajstić information content (AvgIpc) is 2.95. The summed E-state index contributed by atoms with van der Waals surface area (Å²) in [6.45, 7) is 0.941. The lowest BCUT2D eigenvalue weighted by Gasteiger charge is -2.12. The quantitative estimate of drug-likeness (QED) is 0.907. The van der Waals surface area contributed by atoms with Crippen LogP contribution in [0.1, 0.15) is 15.9 Å². The Bertz CT molecular complexity index is 664. The highest BCUT2D eigenvalue weighted by Crippen LogP contribution is 2.23. The molecule has 1 amide bonds. The van der Waals surface area contributed by atoms with Crippen LogP contribution in [0, 0.1) is 0 Å². The minimum atomic E-state index is -0.120. The van der Waals surface area contributed by atoms with Gasteiger partial charge < -0.3 is 15.5 Å². The van der Waals surface area contributed by atoms with Gasteiger partial charge in [-0.1, -0.05) is 6.07 Å². The number of hydrogen-bond acceptors (Lipinski definition) is 4. The van der Waals surface area contributed by atoms with Gasteiger partial charge in [-0.25, -0.2) is 4.98 Å². The van der Waals surface area contributed by atoms with Crippen LogP contribution < -0.4 is 15.5 Å². The molecular formula is C16H18N4O. The number of nitrogens with zero attached hydrogens (tertiary/aromatic N) is 2. The molecule has 2 aromatic rings. The van der Waals surface area contributed by atoms with Crippen LogP contribution in [0.4, 0.5) is 17.2 Å². The molecule has 0 unspecified atom stereocenters. The maximum atomic E-state index is 12.3. The van der Waals surface area contributed by atoms with Gasteiger partial charge >= 0.3 is 0 Å². The van der Waals surface area contributed by atoms with Gasteiger partial charge in [0.05, 0.1) is 11.9 Å². The van der Waals surface area contributed by atoms with Crippen molar-refractivity contribution in [3.63, 3.8) is 0 Å². The molecule has 0 aliphatic carbocycles. The molecule has 0 saturated heterocycles. The van der Waals surface area contributed by atoms with E-state index in [9.17, 15) is 4.79 Å². The van der Waals surface area contributed by atoms with E-state index in [1.165, 1.54) is 5.56 Å². The Labute approximate surface area is 124 Å². The van der Waals surface area contributed by atoms with E-state index >= 15 is 0 Å². The van der Waals surface area contributed by atoms with Crippen molar-refractivity contribution in [1.82, 2.24) is 4.98 Å². The first-order chi connectivity index (χ1) is 10.1. The fourth-order valence-corrected chi connectivity index (χ4v) is 2.36. The van der Waals surface area contributed by atoms with Crippen LogP contribution in [-0.4, -0.2) is 31.5 Å².